The van der Waals surface area contributed by atoms with E-state index in [1.807, 2.05) is 183 Å². The van der Waals surface area contributed by atoms with Gasteiger partial charge in [0.15, 0.2) is 0 Å². The number of nitrogens with zero attached hydrogens (tertiary/aromatic N) is 2. The van der Waals surface area contributed by atoms with Crippen LogP contribution in [0.25, 0.3) is 33.4 Å². The van der Waals surface area contributed by atoms with Gasteiger partial charge in [-0.05, 0) is 238 Å². The van der Waals surface area contributed by atoms with Gasteiger partial charge in [0.2, 0.25) is 0 Å². The van der Waals surface area contributed by atoms with Crippen molar-refractivity contribution in [3.63, 3.8) is 0 Å². The van der Waals surface area contributed by atoms with Gasteiger partial charge >= 0.3 is 24.0 Å². The Morgan fingerprint density at radius 2 is 0.786 bits per heavy atom. The fourth-order valence-electron chi connectivity index (χ4n) is 12.6. The fraction of sp³-hybridized carbons (Fsp3) is 0.322. The Balaban J connectivity index is 0.000000197. The van der Waals surface area contributed by atoms with Crippen LogP contribution in [0.5, 0.6) is 17.2 Å². The molecule has 0 aromatic heterocycles. The molecule has 2 saturated heterocycles. The molecule has 9 aromatic carbocycles. The Kier molecular flexibility index (Phi) is 29.7. The number of aromatic hydroxyl groups is 1. The molecule has 21 nitrogen and oxygen atoms in total. The van der Waals surface area contributed by atoms with Gasteiger partial charge in [-0.1, -0.05) is 143 Å². The monoisotopic (exact) mass is 1580 g/mol. The number of ether oxygens (including phenoxy) is 5. The second kappa shape index (κ2) is 39.1. The van der Waals surface area contributed by atoms with Crippen molar-refractivity contribution in [3.05, 3.63) is 250 Å². The summed E-state index contributed by atoms with van der Waals surface area (Å²) >= 11 is 3.43. The minimum atomic E-state index is -1.15. The first-order valence-electron chi connectivity index (χ1n) is 37.6. The van der Waals surface area contributed by atoms with Crippen molar-refractivity contribution in [2.45, 2.75) is 149 Å². The van der Waals surface area contributed by atoms with Crippen LogP contribution in [0.1, 0.15) is 181 Å². The summed E-state index contributed by atoms with van der Waals surface area (Å²) in [7, 11) is 0. The molecule has 0 bridgehead atoms. The maximum atomic E-state index is 13.9. The van der Waals surface area contributed by atoms with E-state index in [2.05, 4.69) is 47.0 Å². The van der Waals surface area contributed by atoms with E-state index in [9.17, 15) is 43.8 Å². The zero-order chi connectivity index (χ0) is 80.9. The summed E-state index contributed by atoms with van der Waals surface area (Å²) in [5, 5.41) is 32.1. The highest BCUT2D eigenvalue weighted by atomic mass is 79.9. The molecule has 0 radical (unpaired) electrons. The van der Waals surface area contributed by atoms with Gasteiger partial charge in [0.25, 0.3) is 17.7 Å². The number of rotatable bonds is 22. The van der Waals surface area contributed by atoms with Crippen molar-refractivity contribution in [1.82, 2.24) is 15.1 Å². The van der Waals surface area contributed by atoms with Crippen LogP contribution in [0.15, 0.2) is 200 Å². The second-order valence-corrected chi connectivity index (χ2v) is 30.9. The fourth-order valence-corrected chi connectivity index (χ4v) is 13.0. The van der Waals surface area contributed by atoms with Crippen LogP contribution >= 0.6 is 15.9 Å². The second-order valence-electron chi connectivity index (χ2n) is 30.4. The Labute approximate surface area is 664 Å². The molecule has 0 saturated carbocycles. The predicted octanol–water partition coefficient (Wildman–Crippen LogP) is 18.2. The minimum absolute atomic E-state index is 0.0247. The van der Waals surface area contributed by atoms with Crippen LogP contribution in [0.4, 0.5) is 21.9 Å². The zero-order valence-electron chi connectivity index (χ0n) is 65.5. The maximum absolute atomic E-state index is 13.9. The Hall–Kier alpha value is -11.2. The predicted molar refractivity (Wildman–Crippen MR) is 443 cm³/mol. The molecule has 2 heterocycles. The first kappa shape index (κ1) is 84.8. The lowest BCUT2D eigenvalue weighted by Crippen LogP contribution is -2.45. The van der Waals surface area contributed by atoms with Gasteiger partial charge in [0, 0.05) is 43.6 Å². The molecule has 2 aliphatic heterocycles. The number of nitrogens with one attached hydrogen (secondary N) is 4. The summed E-state index contributed by atoms with van der Waals surface area (Å²) in [6.07, 6.45) is 3.07. The number of carbonyl (C=O) groups excluding carboxylic acids is 6. The van der Waals surface area contributed by atoms with E-state index in [4.69, 9.17) is 29.4 Å². The topological polar surface area (TPSA) is 287 Å². The van der Waals surface area contributed by atoms with Crippen molar-refractivity contribution < 1.29 is 67.5 Å². The molecule has 8 N–H and O–H groups in total. The standard InChI is InChI=1S/C37H47N3O6.C27H28BrNO4.C26H27N3O4/c1-8-44-32-17-14-25(24-40-20-18-28(19-21-40)38-35(43)46-37(5,6)7)22-30(32)33(41)39-31-23-27(26-12-10-9-11-13-26)15-16-29(31)34(42)45-36(2,3)4;1-5-32-24-14-11-18(17-28)15-22(24)25(30)29-23-16-20(19-9-7-6-8-10-19)12-13-21(23)26(31)33-27(2,3)4;27-20-10-12-29(13-11-20)16-17-6-9-24(30)22(14-17)25(31)28-23-15-19(7-8-21(23)26(32)33)18-4-2-1-3-5-18/h9-17,22-23,28H,8,18-21,24H2,1-7H3,(H,38,43)(H,39,41);6-16H,5,17H2,1-4H3,(H,29,30);1-9,14-15,20,30H,10-13,16,27H2,(H,28,31)(H,32,33). The van der Waals surface area contributed by atoms with Crippen molar-refractivity contribution >= 4 is 74.7 Å². The Morgan fingerprint density at radius 1 is 0.429 bits per heavy atom. The van der Waals surface area contributed by atoms with E-state index >= 15 is 0 Å². The number of amides is 4. The lowest BCUT2D eigenvalue weighted by molar-refractivity contribution is 0.00580. The van der Waals surface area contributed by atoms with Gasteiger partial charge in [0.05, 0.1) is 63.7 Å². The maximum Gasteiger partial charge on any atom is 0.407 e. The third-order valence-corrected chi connectivity index (χ3v) is 18.6. The van der Waals surface area contributed by atoms with E-state index in [1.54, 1.807) is 81.4 Å². The summed E-state index contributed by atoms with van der Waals surface area (Å²) in [5.41, 5.74) is 14.5. The third-order valence-electron chi connectivity index (χ3n) is 18.0. The molecule has 588 valence electrons. The molecule has 0 spiro atoms. The van der Waals surface area contributed by atoms with Crippen LogP contribution in [0.2, 0.25) is 0 Å². The van der Waals surface area contributed by atoms with Gasteiger partial charge in [-0.25, -0.2) is 19.2 Å². The number of hydrogen-bond donors (Lipinski definition) is 7. The number of carboxylic acid groups (broad SMARTS) is 1. The number of anilines is 3. The zero-order valence-corrected chi connectivity index (χ0v) is 67.1. The smallest absolute Gasteiger partial charge is 0.407 e. The number of benzene rings is 9. The number of carbonyl (C=O) groups is 7. The largest absolute Gasteiger partial charge is 0.507 e. The van der Waals surface area contributed by atoms with E-state index in [-0.39, 0.29) is 57.6 Å². The lowest BCUT2D eigenvalue weighted by Gasteiger charge is -2.33. The molecule has 22 heteroatoms. The van der Waals surface area contributed by atoms with E-state index in [0.29, 0.717) is 65.6 Å². The molecule has 0 unspecified atom stereocenters. The molecule has 2 fully saturated rings. The average molecular weight is 1590 g/mol. The number of alkyl carbamates (subject to hydrolysis) is 1. The number of esters is 2. The minimum Gasteiger partial charge on any atom is -0.507 e. The van der Waals surface area contributed by atoms with E-state index in [0.717, 1.165) is 102 Å². The van der Waals surface area contributed by atoms with Crippen LogP contribution in [0.3, 0.4) is 0 Å². The molecule has 112 heavy (non-hydrogen) atoms. The first-order chi connectivity index (χ1) is 53.3. The number of aromatic carboxylic acids is 1. The summed E-state index contributed by atoms with van der Waals surface area (Å²) < 4.78 is 28.2. The van der Waals surface area contributed by atoms with Gasteiger partial charge in [-0.3, -0.25) is 24.2 Å². The number of hydrogen-bond acceptors (Lipinski definition) is 16. The number of carboxylic acids is 1. The number of phenols is 1. The summed E-state index contributed by atoms with van der Waals surface area (Å²) in [5.74, 6) is -2.71. The average Bonchev–Trinajstić information content (AvgIpc) is 0.807. The summed E-state index contributed by atoms with van der Waals surface area (Å²) in [4.78, 5) is 94.9. The summed E-state index contributed by atoms with van der Waals surface area (Å²) in [6, 6.07) is 60.8. The number of phenolic OH excluding ortho intramolecular Hbond substituents is 1. The van der Waals surface area contributed by atoms with E-state index in [1.165, 1.54) is 12.1 Å². The van der Waals surface area contributed by atoms with Crippen LogP contribution in [0, 0.1) is 0 Å². The van der Waals surface area contributed by atoms with E-state index < -0.39 is 46.7 Å². The van der Waals surface area contributed by atoms with Gasteiger partial charge in [0.1, 0.15) is 34.1 Å². The number of alkyl halides is 1. The molecule has 11 rings (SSSR count). The highest BCUT2D eigenvalue weighted by Crippen LogP contribution is 2.34. The highest BCUT2D eigenvalue weighted by Gasteiger charge is 2.29. The van der Waals surface area contributed by atoms with Gasteiger partial charge in [-0.15, -0.1) is 0 Å². The number of halogens is 1. The Morgan fingerprint density at radius 3 is 1.18 bits per heavy atom. The molecule has 9 aromatic rings. The SMILES string of the molecule is CCOc1ccc(CBr)cc1C(=O)Nc1cc(-c2ccccc2)ccc1C(=O)OC(C)(C)C.CCOc1ccc(CN2CCC(NC(=O)OC(C)(C)C)CC2)cc1C(=O)Nc1cc(-c2ccccc2)ccc1C(=O)OC(C)(C)C.NC1CCN(Cc2ccc(O)c(C(=O)Nc3cc(-c4ccccc4)ccc3C(=O)O)c2)CC1. The van der Waals surface area contributed by atoms with Crippen molar-refractivity contribution in [2.75, 3.05) is 55.3 Å². The summed E-state index contributed by atoms with van der Waals surface area (Å²) in [6.45, 7) is 25.6. The van der Waals surface area contributed by atoms with Gasteiger partial charge < -0.3 is 60.9 Å². The number of likely N-dealkylation sites (tertiary alicyclic amines) is 2. The molecule has 2 aliphatic rings. The van der Waals surface area contributed by atoms with Crippen LogP contribution in [-0.4, -0.2) is 130 Å². The molecule has 4 amide bonds. The first-order valence-corrected chi connectivity index (χ1v) is 38.8. The van der Waals surface area contributed by atoms with Crippen molar-refractivity contribution in [2.24, 2.45) is 5.73 Å². The quantitative estimate of drug-likeness (QED) is 0.0189. The molecule has 0 atom stereocenters. The number of nitrogens with two attached hydrogens (primary N) is 1. The molecular formula is C90H102BrN7O14. The van der Waals surface area contributed by atoms with Crippen molar-refractivity contribution in [1.29, 1.82) is 0 Å². The highest BCUT2D eigenvalue weighted by molar-refractivity contribution is 9.08. The normalized spacial score (nSPS) is 13.5. The molecular weight excluding hydrogens is 1480 g/mol. The van der Waals surface area contributed by atoms with Crippen molar-refractivity contribution in [3.8, 4) is 50.6 Å². The third kappa shape index (κ3) is 25.2. The van der Waals surface area contributed by atoms with Crippen LogP contribution in [-0.2, 0) is 32.6 Å². The van der Waals surface area contributed by atoms with Crippen LogP contribution < -0.4 is 36.5 Å². The van der Waals surface area contributed by atoms with Gasteiger partial charge in [-0.2, -0.15) is 0 Å². The lowest BCUT2D eigenvalue weighted by atomic mass is 10.0. The number of piperidine rings is 2. The Bertz CT molecular complexity index is 4750. The molecule has 0 aliphatic carbocycles.